The highest BCUT2D eigenvalue weighted by atomic mass is 32.2. The van der Waals surface area contributed by atoms with Crippen molar-refractivity contribution < 1.29 is 13.2 Å². The highest BCUT2D eigenvalue weighted by Gasteiger charge is 2.51. The molecule has 0 amide bonds. The minimum absolute atomic E-state index is 0.294. The first-order chi connectivity index (χ1) is 14.9. The fraction of sp³-hybridized carbons (Fsp3) is 0.538. The van der Waals surface area contributed by atoms with E-state index in [1.807, 2.05) is 26.0 Å². The van der Waals surface area contributed by atoms with Gasteiger partial charge in [-0.2, -0.15) is 0 Å². The number of hydrogen-bond acceptors (Lipinski definition) is 3. The van der Waals surface area contributed by atoms with Crippen LogP contribution in [0.1, 0.15) is 57.9 Å². The van der Waals surface area contributed by atoms with Crippen LogP contribution in [0.15, 0.2) is 53.4 Å². The second-order valence-corrected chi connectivity index (χ2v) is 11.7. The Kier molecular flexibility index (Phi) is 5.28. The van der Waals surface area contributed by atoms with E-state index in [0.29, 0.717) is 29.2 Å². The number of sulfonamides is 1. The number of nitrogens with zero attached hydrogens (tertiary/aromatic N) is 1. The average molecular weight is 440 g/mol. The molecule has 0 saturated heterocycles. The van der Waals surface area contributed by atoms with Crippen LogP contribution in [0.2, 0.25) is 0 Å². The zero-order valence-electron chi connectivity index (χ0n) is 18.6. The van der Waals surface area contributed by atoms with E-state index in [1.165, 1.54) is 48.4 Å². The molecule has 2 aromatic carbocycles. The number of benzene rings is 2. The van der Waals surface area contributed by atoms with Crippen LogP contribution in [0.5, 0.6) is 5.75 Å². The van der Waals surface area contributed by atoms with Gasteiger partial charge in [-0.3, -0.25) is 4.31 Å². The van der Waals surface area contributed by atoms with Crippen molar-refractivity contribution in [1.29, 1.82) is 0 Å². The lowest BCUT2D eigenvalue weighted by molar-refractivity contribution is -0.00518. The van der Waals surface area contributed by atoms with Gasteiger partial charge in [0.15, 0.2) is 0 Å². The van der Waals surface area contributed by atoms with Crippen molar-refractivity contribution in [2.75, 3.05) is 17.5 Å². The van der Waals surface area contributed by atoms with Crippen LogP contribution in [0, 0.1) is 17.8 Å². The zero-order valence-corrected chi connectivity index (χ0v) is 19.4. The Morgan fingerprint density at radius 1 is 0.871 bits per heavy atom. The molecule has 6 rings (SSSR count). The summed E-state index contributed by atoms with van der Waals surface area (Å²) in [5.74, 6) is 3.39. The van der Waals surface area contributed by atoms with Gasteiger partial charge in [0.25, 0.3) is 10.0 Å². The van der Waals surface area contributed by atoms with Gasteiger partial charge in [0.05, 0.1) is 17.2 Å². The molecule has 166 valence electrons. The lowest BCUT2D eigenvalue weighted by Gasteiger charge is -2.57. The van der Waals surface area contributed by atoms with Crippen molar-refractivity contribution in [2.24, 2.45) is 17.8 Å². The van der Waals surface area contributed by atoms with Crippen LogP contribution >= 0.6 is 0 Å². The summed E-state index contributed by atoms with van der Waals surface area (Å²) in [7, 11) is -3.62. The molecule has 5 heteroatoms. The second kappa shape index (κ2) is 7.84. The largest absolute Gasteiger partial charge is 0.494 e. The van der Waals surface area contributed by atoms with Gasteiger partial charge in [-0.1, -0.05) is 12.1 Å². The zero-order chi connectivity index (χ0) is 21.6. The molecule has 0 atom stereocenters. The normalized spacial score (nSPS) is 29.2. The summed E-state index contributed by atoms with van der Waals surface area (Å²) < 4.78 is 33.6. The van der Waals surface area contributed by atoms with E-state index in [0.717, 1.165) is 23.4 Å². The quantitative estimate of drug-likeness (QED) is 0.550. The molecule has 0 N–H and O–H groups in total. The Labute approximate surface area is 186 Å². The first-order valence-corrected chi connectivity index (χ1v) is 13.2. The van der Waals surface area contributed by atoms with Crippen molar-refractivity contribution in [3.8, 4) is 5.75 Å². The van der Waals surface area contributed by atoms with Gasteiger partial charge < -0.3 is 4.74 Å². The lowest BCUT2D eigenvalue weighted by atomic mass is 9.48. The van der Waals surface area contributed by atoms with Crippen molar-refractivity contribution in [3.63, 3.8) is 0 Å². The number of anilines is 1. The molecule has 0 spiro atoms. The maximum Gasteiger partial charge on any atom is 0.264 e. The van der Waals surface area contributed by atoms with Crippen LogP contribution in [0.4, 0.5) is 5.69 Å². The predicted molar refractivity (Wildman–Crippen MR) is 124 cm³/mol. The summed E-state index contributed by atoms with van der Waals surface area (Å²) in [6.07, 6.45) is 8.25. The standard InChI is InChI=1S/C26H33NO3S/c1-3-27(31(28,29)25-11-9-24(10-12-25)30-4-2)23-7-5-22(6-8-23)26-16-19-13-20(17-26)15-21(14-19)18-26/h5-12,19-21H,3-4,13-18H2,1-2H3. The Morgan fingerprint density at radius 2 is 1.42 bits per heavy atom. The average Bonchev–Trinajstić information content (AvgIpc) is 2.74. The third kappa shape index (κ3) is 3.65. The fourth-order valence-electron chi connectivity index (χ4n) is 6.94. The third-order valence-corrected chi connectivity index (χ3v) is 9.73. The summed E-state index contributed by atoms with van der Waals surface area (Å²) in [5.41, 5.74) is 2.49. The van der Waals surface area contributed by atoms with Crippen molar-refractivity contribution >= 4 is 15.7 Å². The summed E-state index contributed by atoms with van der Waals surface area (Å²) in [5, 5.41) is 0. The molecule has 0 heterocycles. The van der Waals surface area contributed by atoms with Gasteiger partial charge >= 0.3 is 0 Å². The van der Waals surface area contributed by atoms with Crippen LogP contribution < -0.4 is 9.04 Å². The molecule has 0 aromatic heterocycles. The SMILES string of the molecule is CCOc1ccc(S(=O)(=O)N(CC)c2ccc(C34CC5CC(CC(C5)C3)C4)cc2)cc1. The number of ether oxygens (including phenoxy) is 1. The Morgan fingerprint density at radius 3 is 1.90 bits per heavy atom. The molecule has 4 fully saturated rings. The molecule has 4 saturated carbocycles. The highest BCUT2D eigenvalue weighted by molar-refractivity contribution is 7.92. The van der Waals surface area contributed by atoms with Crippen molar-refractivity contribution in [2.45, 2.75) is 62.7 Å². The molecule has 4 aliphatic carbocycles. The van der Waals surface area contributed by atoms with Gasteiger partial charge in [0, 0.05) is 6.54 Å². The van der Waals surface area contributed by atoms with Crippen LogP contribution in [-0.4, -0.2) is 21.6 Å². The van der Waals surface area contributed by atoms with E-state index in [4.69, 9.17) is 4.74 Å². The second-order valence-electron chi connectivity index (χ2n) is 9.82. The maximum atomic E-state index is 13.3. The van der Waals surface area contributed by atoms with Crippen LogP contribution in [0.25, 0.3) is 0 Å². The molecule has 2 aromatic rings. The molecular weight excluding hydrogens is 406 g/mol. The number of hydrogen-bond donors (Lipinski definition) is 0. The first-order valence-electron chi connectivity index (χ1n) is 11.8. The van der Waals surface area contributed by atoms with Crippen LogP contribution in [0.3, 0.4) is 0 Å². The molecule has 31 heavy (non-hydrogen) atoms. The van der Waals surface area contributed by atoms with Crippen molar-refractivity contribution in [1.82, 2.24) is 0 Å². The monoisotopic (exact) mass is 439 g/mol. The minimum atomic E-state index is -3.62. The van der Waals surface area contributed by atoms with E-state index >= 15 is 0 Å². The topological polar surface area (TPSA) is 46.6 Å². The number of rotatable bonds is 7. The smallest absolute Gasteiger partial charge is 0.264 e. The molecule has 0 aliphatic heterocycles. The summed E-state index contributed by atoms with van der Waals surface area (Å²) in [6.45, 7) is 4.76. The van der Waals surface area contributed by atoms with E-state index in [9.17, 15) is 8.42 Å². The van der Waals surface area contributed by atoms with E-state index in [1.54, 1.807) is 24.3 Å². The first kappa shape index (κ1) is 20.9. The predicted octanol–water partition coefficient (Wildman–Crippen LogP) is 5.77. The Bertz CT molecular complexity index is 992. The van der Waals surface area contributed by atoms with E-state index in [-0.39, 0.29) is 0 Å². The molecule has 4 aliphatic rings. The van der Waals surface area contributed by atoms with Crippen molar-refractivity contribution in [3.05, 3.63) is 54.1 Å². The van der Waals surface area contributed by atoms with Gasteiger partial charge in [0.1, 0.15) is 5.75 Å². The van der Waals surface area contributed by atoms with E-state index < -0.39 is 10.0 Å². The van der Waals surface area contributed by atoms with Gasteiger partial charge in [-0.05, 0) is 118 Å². The summed E-state index contributed by atoms with van der Waals surface area (Å²) in [6, 6.07) is 15.2. The molecule has 0 unspecified atom stereocenters. The van der Waals surface area contributed by atoms with Gasteiger partial charge in [-0.15, -0.1) is 0 Å². The fourth-order valence-corrected chi connectivity index (χ4v) is 8.41. The Balaban J connectivity index is 1.40. The third-order valence-electron chi connectivity index (χ3n) is 7.82. The molecule has 4 bridgehead atoms. The molecule has 0 radical (unpaired) electrons. The minimum Gasteiger partial charge on any atom is -0.494 e. The van der Waals surface area contributed by atoms with Gasteiger partial charge in [0.2, 0.25) is 0 Å². The maximum absolute atomic E-state index is 13.3. The summed E-state index contributed by atoms with van der Waals surface area (Å²) >= 11 is 0. The van der Waals surface area contributed by atoms with Crippen LogP contribution in [-0.2, 0) is 15.4 Å². The molecular formula is C26H33NO3S. The highest BCUT2D eigenvalue weighted by Crippen LogP contribution is 2.60. The lowest BCUT2D eigenvalue weighted by Crippen LogP contribution is -2.48. The van der Waals surface area contributed by atoms with E-state index in [2.05, 4.69) is 12.1 Å². The Hall–Kier alpha value is -2.01. The summed E-state index contributed by atoms with van der Waals surface area (Å²) in [4.78, 5) is 0.294. The van der Waals surface area contributed by atoms with Gasteiger partial charge in [-0.25, -0.2) is 8.42 Å². The molecule has 4 nitrogen and oxygen atoms in total.